The lowest BCUT2D eigenvalue weighted by Gasteiger charge is -2.25. The standard InChI is InChI=1S/C16H17N3O/c17-16-8-11(5-6-18-16)7-15(20)14-9-12-3-1-2-4-13(12)10-19-14/h1-6,8,14,19H,7,9-10H2,(H2,17,18). The first-order valence-electron chi connectivity index (χ1n) is 6.75. The average Bonchev–Trinajstić information content (AvgIpc) is 2.47. The highest BCUT2D eigenvalue weighted by molar-refractivity contribution is 5.86. The molecule has 20 heavy (non-hydrogen) atoms. The normalized spacial score (nSPS) is 17.5. The Morgan fingerprint density at radius 1 is 1.30 bits per heavy atom. The first kappa shape index (κ1) is 12.8. The van der Waals surface area contributed by atoms with Crippen molar-refractivity contribution in [1.82, 2.24) is 10.3 Å². The lowest BCUT2D eigenvalue weighted by atomic mass is 9.92. The maximum atomic E-state index is 12.4. The van der Waals surface area contributed by atoms with Crippen LogP contribution in [0.1, 0.15) is 16.7 Å². The van der Waals surface area contributed by atoms with Crippen LogP contribution in [0.25, 0.3) is 0 Å². The van der Waals surface area contributed by atoms with E-state index in [0.29, 0.717) is 12.2 Å². The number of anilines is 1. The van der Waals surface area contributed by atoms with Gasteiger partial charge in [-0.1, -0.05) is 24.3 Å². The van der Waals surface area contributed by atoms with Gasteiger partial charge in [-0.15, -0.1) is 0 Å². The van der Waals surface area contributed by atoms with Crippen molar-refractivity contribution in [2.24, 2.45) is 0 Å². The monoisotopic (exact) mass is 267 g/mol. The summed E-state index contributed by atoms with van der Waals surface area (Å²) in [5.74, 6) is 0.655. The fraction of sp³-hybridized carbons (Fsp3) is 0.250. The van der Waals surface area contributed by atoms with Gasteiger partial charge in [-0.3, -0.25) is 4.79 Å². The van der Waals surface area contributed by atoms with Crippen LogP contribution in [0.15, 0.2) is 42.6 Å². The van der Waals surface area contributed by atoms with Gasteiger partial charge in [0.25, 0.3) is 0 Å². The number of Topliss-reactive ketones (excluding diaryl/α,β-unsaturated/α-hetero) is 1. The van der Waals surface area contributed by atoms with E-state index in [-0.39, 0.29) is 11.8 Å². The molecule has 102 valence electrons. The summed E-state index contributed by atoms with van der Waals surface area (Å²) in [6.45, 7) is 0.755. The van der Waals surface area contributed by atoms with E-state index < -0.39 is 0 Å². The number of pyridine rings is 1. The topological polar surface area (TPSA) is 68.0 Å². The third-order valence-corrected chi connectivity index (χ3v) is 3.69. The molecule has 0 aliphatic carbocycles. The number of ketones is 1. The van der Waals surface area contributed by atoms with E-state index in [4.69, 9.17) is 5.73 Å². The number of rotatable bonds is 3. The minimum atomic E-state index is -0.112. The Kier molecular flexibility index (Phi) is 3.48. The van der Waals surface area contributed by atoms with Crippen LogP contribution in [0.2, 0.25) is 0 Å². The first-order valence-corrected chi connectivity index (χ1v) is 6.75. The van der Waals surface area contributed by atoms with Gasteiger partial charge in [0.15, 0.2) is 5.78 Å². The average molecular weight is 267 g/mol. The number of nitrogens with two attached hydrogens (primary N) is 1. The second kappa shape index (κ2) is 5.43. The quantitative estimate of drug-likeness (QED) is 0.884. The number of carbonyl (C=O) groups is 1. The molecule has 1 unspecified atom stereocenters. The van der Waals surface area contributed by atoms with Crippen LogP contribution in [-0.4, -0.2) is 16.8 Å². The number of hydrogen-bond acceptors (Lipinski definition) is 4. The molecule has 1 atom stereocenters. The summed E-state index contributed by atoms with van der Waals surface area (Å²) in [7, 11) is 0. The number of nitrogens with zero attached hydrogens (tertiary/aromatic N) is 1. The molecule has 0 spiro atoms. The molecule has 2 heterocycles. The number of benzene rings is 1. The molecule has 1 aliphatic heterocycles. The molecule has 0 saturated heterocycles. The lowest BCUT2D eigenvalue weighted by Crippen LogP contribution is -2.42. The summed E-state index contributed by atoms with van der Waals surface area (Å²) in [5.41, 5.74) is 9.10. The van der Waals surface area contributed by atoms with E-state index in [0.717, 1.165) is 18.5 Å². The molecule has 1 aliphatic rings. The molecule has 0 saturated carbocycles. The van der Waals surface area contributed by atoms with Gasteiger partial charge in [-0.2, -0.15) is 0 Å². The maximum Gasteiger partial charge on any atom is 0.154 e. The molecule has 2 aromatic rings. The van der Waals surface area contributed by atoms with Crippen LogP contribution in [0.3, 0.4) is 0 Å². The fourth-order valence-electron chi connectivity index (χ4n) is 2.61. The number of aromatic nitrogens is 1. The van der Waals surface area contributed by atoms with E-state index in [1.807, 2.05) is 18.2 Å². The van der Waals surface area contributed by atoms with Gasteiger partial charge in [0.2, 0.25) is 0 Å². The Balaban J connectivity index is 1.70. The Hall–Kier alpha value is -2.20. The van der Waals surface area contributed by atoms with E-state index in [1.54, 1.807) is 12.3 Å². The van der Waals surface area contributed by atoms with E-state index in [9.17, 15) is 4.79 Å². The molecule has 0 bridgehead atoms. The van der Waals surface area contributed by atoms with Gasteiger partial charge in [0, 0.05) is 19.2 Å². The Labute approximate surface area is 118 Å². The molecule has 0 radical (unpaired) electrons. The third-order valence-electron chi connectivity index (χ3n) is 3.69. The summed E-state index contributed by atoms with van der Waals surface area (Å²) in [6, 6.07) is 11.7. The predicted molar refractivity (Wildman–Crippen MR) is 78.1 cm³/mol. The Morgan fingerprint density at radius 3 is 2.90 bits per heavy atom. The van der Waals surface area contributed by atoms with Crippen molar-refractivity contribution in [2.45, 2.75) is 25.4 Å². The smallest absolute Gasteiger partial charge is 0.154 e. The third kappa shape index (κ3) is 2.70. The number of nitrogens with one attached hydrogen (secondary N) is 1. The lowest BCUT2D eigenvalue weighted by molar-refractivity contribution is -0.120. The molecular formula is C16H17N3O. The van der Waals surface area contributed by atoms with Gasteiger partial charge >= 0.3 is 0 Å². The van der Waals surface area contributed by atoms with Crippen molar-refractivity contribution in [2.75, 3.05) is 5.73 Å². The van der Waals surface area contributed by atoms with Crippen molar-refractivity contribution < 1.29 is 4.79 Å². The number of nitrogen functional groups attached to an aromatic ring is 1. The molecular weight excluding hydrogens is 250 g/mol. The van der Waals surface area contributed by atoms with Crippen LogP contribution in [0.5, 0.6) is 0 Å². The van der Waals surface area contributed by atoms with Crippen LogP contribution in [-0.2, 0) is 24.2 Å². The van der Waals surface area contributed by atoms with Crippen LogP contribution in [0, 0.1) is 0 Å². The zero-order valence-corrected chi connectivity index (χ0v) is 11.2. The van der Waals surface area contributed by atoms with Crippen molar-refractivity contribution >= 4 is 11.6 Å². The summed E-state index contributed by atoms with van der Waals surface area (Å²) in [5, 5.41) is 3.31. The molecule has 3 rings (SSSR count). The van der Waals surface area contributed by atoms with Gasteiger partial charge in [-0.05, 0) is 35.2 Å². The zero-order chi connectivity index (χ0) is 13.9. The van der Waals surface area contributed by atoms with E-state index >= 15 is 0 Å². The highest BCUT2D eigenvalue weighted by Crippen LogP contribution is 2.17. The Bertz CT molecular complexity index is 639. The van der Waals surface area contributed by atoms with Crippen molar-refractivity contribution in [3.63, 3.8) is 0 Å². The predicted octanol–water partition coefficient (Wildman–Crippen LogP) is 1.49. The van der Waals surface area contributed by atoms with Gasteiger partial charge < -0.3 is 11.1 Å². The number of fused-ring (bicyclic) bond motifs is 1. The number of carbonyl (C=O) groups excluding carboxylic acids is 1. The minimum absolute atomic E-state index is 0.112. The first-order chi connectivity index (χ1) is 9.72. The van der Waals surface area contributed by atoms with Gasteiger partial charge in [0.1, 0.15) is 5.82 Å². The molecule has 4 nitrogen and oxygen atoms in total. The maximum absolute atomic E-state index is 12.4. The molecule has 1 aromatic carbocycles. The largest absolute Gasteiger partial charge is 0.384 e. The summed E-state index contributed by atoms with van der Waals surface area (Å²) < 4.78 is 0. The van der Waals surface area contributed by atoms with Crippen molar-refractivity contribution in [1.29, 1.82) is 0 Å². The van der Waals surface area contributed by atoms with Crippen molar-refractivity contribution in [3.8, 4) is 0 Å². The highest BCUT2D eigenvalue weighted by Gasteiger charge is 2.23. The molecule has 0 amide bonds. The molecule has 1 aromatic heterocycles. The van der Waals surface area contributed by atoms with E-state index in [2.05, 4.69) is 22.4 Å². The highest BCUT2D eigenvalue weighted by atomic mass is 16.1. The molecule has 4 heteroatoms. The van der Waals surface area contributed by atoms with Gasteiger partial charge in [-0.25, -0.2) is 4.98 Å². The Morgan fingerprint density at radius 2 is 2.10 bits per heavy atom. The molecule has 0 fully saturated rings. The van der Waals surface area contributed by atoms with E-state index in [1.165, 1.54) is 11.1 Å². The van der Waals surface area contributed by atoms with Gasteiger partial charge in [0.05, 0.1) is 6.04 Å². The molecule has 3 N–H and O–H groups in total. The zero-order valence-electron chi connectivity index (χ0n) is 11.2. The fourth-order valence-corrected chi connectivity index (χ4v) is 2.61. The second-order valence-electron chi connectivity index (χ2n) is 5.14. The van der Waals surface area contributed by atoms with Crippen LogP contribution >= 0.6 is 0 Å². The van der Waals surface area contributed by atoms with Crippen molar-refractivity contribution in [3.05, 3.63) is 59.3 Å². The van der Waals surface area contributed by atoms with Crippen LogP contribution < -0.4 is 11.1 Å². The number of hydrogen-bond donors (Lipinski definition) is 2. The van der Waals surface area contributed by atoms with Crippen LogP contribution in [0.4, 0.5) is 5.82 Å². The minimum Gasteiger partial charge on any atom is -0.384 e. The SMILES string of the molecule is Nc1cc(CC(=O)C2Cc3ccccc3CN2)ccn1. The summed E-state index contributed by atoms with van der Waals surface area (Å²) in [6.07, 6.45) is 2.80. The summed E-state index contributed by atoms with van der Waals surface area (Å²) >= 11 is 0. The second-order valence-corrected chi connectivity index (χ2v) is 5.14. The summed E-state index contributed by atoms with van der Waals surface area (Å²) in [4.78, 5) is 16.3.